The van der Waals surface area contributed by atoms with Crippen LogP contribution in [0.2, 0.25) is 0 Å². The van der Waals surface area contributed by atoms with Crippen molar-refractivity contribution in [2.75, 3.05) is 18.8 Å². The number of anilines is 1. The predicted molar refractivity (Wildman–Crippen MR) is 109 cm³/mol. The summed E-state index contributed by atoms with van der Waals surface area (Å²) >= 11 is 3.49. The molecule has 1 atom stereocenters. The van der Waals surface area contributed by atoms with E-state index in [-0.39, 0.29) is 6.61 Å². The molecule has 0 amide bonds. The van der Waals surface area contributed by atoms with E-state index >= 15 is 0 Å². The molecule has 0 saturated heterocycles. The highest BCUT2D eigenvalue weighted by molar-refractivity contribution is 9.11. The van der Waals surface area contributed by atoms with Gasteiger partial charge in [-0.05, 0) is 38.0 Å². The minimum Gasteiger partial charge on any atom is -0.495 e. The second-order valence-electron chi connectivity index (χ2n) is 4.98. The summed E-state index contributed by atoms with van der Waals surface area (Å²) in [5, 5.41) is 14.8. The zero-order valence-corrected chi connectivity index (χ0v) is 18.0. The number of nitrogens with zero attached hydrogens (tertiary/aromatic N) is 1. The lowest BCUT2D eigenvalue weighted by Crippen LogP contribution is -2.19. The third kappa shape index (κ3) is 6.21. The summed E-state index contributed by atoms with van der Waals surface area (Å²) in [6.45, 7) is 6.04. The van der Waals surface area contributed by atoms with Crippen molar-refractivity contribution in [3.63, 3.8) is 0 Å². The Morgan fingerprint density at radius 2 is 2.08 bits per heavy atom. The fraction of sp³-hybridized carbons (Fsp3) is 0.389. The van der Waals surface area contributed by atoms with Gasteiger partial charge in [0, 0.05) is 10.5 Å². The molecular weight excluding hydrogens is 417 g/mol. The topological polar surface area (TPSA) is 83.4 Å². The van der Waals surface area contributed by atoms with E-state index in [1.165, 1.54) is 7.11 Å². The molecule has 2 N–H and O–H groups in total. The van der Waals surface area contributed by atoms with Crippen LogP contribution in [0, 0.1) is 11.3 Å². The molecule has 6 nitrogen and oxygen atoms in total. The molecule has 0 heterocycles. The van der Waals surface area contributed by atoms with Gasteiger partial charge in [0.15, 0.2) is 0 Å². The van der Waals surface area contributed by atoms with Crippen LogP contribution in [0.1, 0.15) is 39.2 Å². The van der Waals surface area contributed by atoms with Gasteiger partial charge < -0.3 is 4.74 Å². The fourth-order valence-electron chi connectivity index (χ4n) is 2.18. The number of halogens is 1. The van der Waals surface area contributed by atoms with Gasteiger partial charge in [-0.3, -0.25) is 14.7 Å². The maximum Gasteiger partial charge on any atom is 0.391 e. The maximum atomic E-state index is 13.2. The third-order valence-electron chi connectivity index (χ3n) is 3.28. The van der Waals surface area contributed by atoms with Crippen molar-refractivity contribution in [2.24, 2.45) is 0 Å². The van der Waals surface area contributed by atoms with Gasteiger partial charge in [-0.25, -0.2) is 4.57 Å². The summed E-state index contributed by atoms with van der Waals surface area (Å²) in [6.07, 6.45) is 5.65. The number of hydrogen-bond acceptors (Lipinski definition) is 4. The zero-order valence-electron chi connectivity index (χ0n) is 15.5. The van der Waals surface area contributed by atoms with E-state index in [1.54, 1.807) is 25.1 Å². The summed E-state index contributed by atoms with van der Waals surface area (Å²) in [6, 6.07) is 6.89. The molecule has 1 aromatic carbocycles. The number of hydrogen-bond donors (Lipinski definition) is 2. The third-order valence-corrected chi connectivity index (χ3v) is 5.80. The molecule has 0 fully saturated rings. The minimum absolute atomic E-state index is 0.268. The number of benzene rings is 1. The maximum absolute atomic E-state index is 13.2. The quantitative estimate of drug-likeness (QED) is 0.528. The molecule has 0 bridgehead atoms. The summed E-state index contributed by atoms with van der Waals surface area (Å²) in [5.41, 5.74) is 1.66. The average Bonchev–Trinajstić information content (AvgIpc) is 2.65. The van der Waals surface area contributed by atoms with Crippen LogP contribution in [0.5, 0.6) is 5.75 Å². The number of nitrogens with one attached hydrogen (secondary N) is 2. The Morgan fingerprint density at radius 3 is 2.65 bits per heavy atom. The van der Waals surface area contributed by atoms with Crippen molar-refractivity contribution in [1.82, 2.24) is 5.09 Å². The number of methoxy groups -OCH3 is 1. The van der Waals surface area contributed by atoms with Gasteiger partial charge in [0.1, 0.15) is 5.75 Å². The lowest BCUT2D eigenvalue weighted by molar-refractivity contribution is 0.331. The lowest BCUT2D eigenvalue weighted by Gasteiger charge is -2.24. The molecule has 2 rings (SSSR count). The molecule has 0 aliphatic heterocycles. The van der Waals surface area contributed by atoms with Crippen LogP contribution in [0.15, 0.2) is 40.5 Å². The standard InChI is InChI=1S/C16H19BrN3O3P.C2H6/c1-3-23-24(21,19-14-7-5-4-6-13(14)17)20-15-9-8-12(11-18)10-16(15)22-2;1-2/h5,7-10H,3-4,6H2,1-2H3,(H2,19,20,21);1-2H3. The molecule has 26 heavy (non-hydrogen) atoms. The van der Waals surface area contributed by atoms with E-state index in [9.17, 15) is 4.57 Å². The molecule has 1 aliphatic rings. The van der Waals surface area contributed by atoms with Crippen molar-refractivity contribution in [2.45, 2.75) is 33.6 Å². The molecule has 1 unspecified atom stereocenters. The average molecular weight is 442 g/mol. The summed E-state index contributed by atoms with van der Waals surface area (Å²) in [4.78, 5) is 0. The molecule has 0 radical (unpaired) electrons. The molecule has 0 saturated carbocycles. The van der Waals surface area contributed by atoms with Gasteiger partial charge in [-0.2, -0.15) is 5.26 Å². The summed E-state index contributed by atoms with van der Waals surface area (Å²) < 4.78 is 24.8. The second kappa shape index (κ2) is 11.1. The Morgan fingerprint density at radius 1 is 1.35 bits per heavy atom. The fourth-order valence-corrected chi connectivity index (χ4v) is 4.37. The molecular formula is C18H25BrN3O3P. The van der Waals surface area contributed by atoms with Crippen LogP contribution in [-0.4, -0.2) is 13.7 Å². The summed E-state index contributed by atoms with van der Waals surface area (Å²) in [7, 11) is -1.92. The molecule has 0 spiro atoms. The van der Waals surface area contributed by atoms with Crippen LogP contribution in [0.25, 0.3) is 0 Å². The second-order valence-corrected chi connectivity index (χ2v) is 7.74. The summed E-state index contributed by atoms with van der Waals surface area (Å²) in [5.74, 6) is 0.419. The molecule has 1 aromatic rings. The number of rotatable bonds is 7. The Bertz CT molecular complexity index is 757. The predicted octanol–water partition coefficient (Wildman–Crippen LogP) is 5.70. The molecule has 8 heteroatoms. The number of allylic oxidation sites excluding steroid dienone is 3. The van der Waals surface area contributed by atoms with Crippen molar-refractivity contribution >= 4 is 29.3 Å². The van der Waals surface area contributed by atoms with E-state index in [0.717, 1.165) is 23.0 Å². The van der Waals surface area contributed by atoms with Crippen molar-refractivity contribution in [3.05, 3.63) is 46.1 Å². The van der Waals surface area contributed by atoms with E-state index in [2.05, 4.69) is 26.1 Å². The lowest BCUT2D eigenvalue weighted by atomic mass is 10.2. The van der Waals surface area contributed by atoms with Gasteiger partial charge in [0.25, 0.3) is 0 Å². The minimum atomic E-state index is -3.41. The van der Waals surface area contributed by atoms with E-state index in [4.69, 9.17) is 14.5 Å². The Balaban J connectivity index is 0.00000163. The van der Waals surface area contributed by atoms with Crippen LogP contribution in [0.4, 0.5) is 5.69 Å². The largest absolute Gasteiger partial charge is 0.495 e. The highest BCUT2D eigenvalue weighted by Gasteiger charge is 2.26. The van der Waals surface area contributed by atoms with Crippen molar-refractivity contribution in [1.29, 1.82) is 5.26 Å². The van der Waals surface area contributed by atoms with Crippen LogP contribution in [0.3, 0.4) is 0 Å². The van der Waals surface area contributed by atoms with Gasteiger partial charge >= 0.3 is 7.67 Å². The SMILES string of the molecule is CC.CCOP(=O)(NC1=C(Br)CCC=C1)Nc1ccc(C#N)cc1OC. The Kier molecular flexibility index (Phi) is 9.50. The first-order chi connectivity index (χ1) is 12.5. The molecule has 1 aliphatic carbocycles. The van der Waals surface area contributed by atoms with Gasteiger partial charge in [-0.15, -0.1) is 0 Å². The highest BCUT2D eigenvalue weighted by Crippen LogP contribution is 2.47. The number of nitriles is 1. The zero-order chi connectivity index (χ0) is 19.6. The Hall–Kier alpha value is -1.74. The Labute approximate surface area is 164 Å². The normalized spacial score (nSPS) is 15.2. The molecule has 0 aromatic heterocycles. The first-order valence-corrected chi connectivity index (χ1v) is 10.9. The van der Waals surface area contributed by atoms with Gasteiger partial charge in [0.05, 0.1) is 36.7 Å². The van der Waals surface area contributed by atoms with E-state index < -0.39 is 7.67 Å². The van der Waals surface area contributed by atoms with Crippen LogP contribution < -0.4 is 14.9 Å². The number of ether oxygens (including phenoxy) is 1. The smallest absolute Gasteiger partial charge is 0.391 e. The van der Waals surface area contributed by atoms with E-state index in [0.29, 0.717) is 17.0 Å². The van der Waals surface area contributed by atoms with E-state index in [1.807, 2.05) is 32.1 Å². The van der Waals surface area contributed by atoms with Gasteiger partial charge in [-0.1, -0.05) is 35.9 Å². The highest BCUT2D eigenvalue weighted by atomic mass is 79.9. The van der Waals surface area contributed by atoms with Crippen LogP contribution in [-0.2, 0) is 9.09 Å². The van der Waals surface area contributed by atoms with Crippen molar-refractivity contribution < 1.29 is 13.8 Å². The molecule has 142 valence electrons. The first kappa shape index (κ1) is 22.3. The van der Waals surface area contributed by atoms with Crippen molar-refractivity contribution in [3.8, 4) is 11.8 Å². The monoisotopic (exact) mass is 441 g/mol. The van der Waals surface area contributed by atoms with Crippen LogP contribution >= 0.6 is 23.6 Å². The first-order valence-electron chi connectivity index (χ1n) is 8.45. The van der Waals surface area contributed by atoms with Gasteiger partial charge in [0.2, 0.25) is 0 Å².